The van der Waals surface area contributed by atoms with Crippen molar-refractivity contribution in [2.45, 2.75) is 25.0 Å². The lowest BCUT2D eigenvalue weighted by atomic mass is 9.99. The number of methoxy groups -OCH3 is 1. The molecule has 2 aromatic rings. The predicted octanol–water partition coefficient (Wildman–Crippen LogP) is 2.63. The van der Waals surface area contributed by atoms with E-state index in [4.69, 9.17) is 4.74 Å². The Hall–Kier alpha value is -1.58. The first kappa shape index (κ1) is 12.5. The van der Waals surface area contributed by atoms with Crippen LogP contribution in [0.25, 0.3) is 10.8 Å². The van der Waals surface area contributed by atoms with Crippen LogP contribution in [0.15, 0.2) is 36.4 Å². The van der Waals surface area contributed by atoms with Crippen LogP contribution in [-0.2, 0) is 0 Å². The van der Waals surface area contributed by atoms with Crippen molar-refractivity contribution >= 4 is 10.8 Å². The zero-order chi connectivity index (χ0) is 13.2. The number of hydrogen-bond donors (Lipinski definition) is 2. The van der Waals surface area contributed by atoms with Gasteiger partial charge in [-0.25, -0.2) is 0 Å². The summed E-state index contributed by atoms with van der Waals surface area (Å²) in [6.45, 7) is 0.578. The number of hydrogen-bond acceptors (Lipinski definition) is 3. The number of nitrogens with one attached hydrogen (secondary N) is 1. The summed E-state index contributed by atoms with van der Waals surface area (Å²) in [5, 5.41) is 16.0. The van der Waals surface area contributed by atoms with Crippen molar-refractivity contribution in [3.05, 3.63) is 42.0 Å². The highest BCUT2D eigenvalue weighted by Gasteiger charge is 2.23. The molecule has 0 spiro atoms. The summed E-state index contributed by atoms with van der Waals surface area (Å²) in [7, 11) is 1.65. The zero-order valence-electron chi connectivity index (χ0n) is 11.1. The molecule has 0 aromatic heterocycles. The molecule has 0 heterocycles. The van der Waals surface area contributed by atoms with Crippen molar-refractivity contribution in [1.29, 1.82) is 0 Å². The molecule has 0 amide bonds. The number of aliphatic hydroxyl groups is 1. The Labute approximate surface area is 113 Å². The molecule has 2 aromatic carbocycles. The quantitative estimate of drug-likeness (QED) is 0.865. The Kier molecular flexibility index (Phi) is 3.40. The lowest BCUT2D eigenvalue weighted by Gasteiger charge is -2.18. The van der Waals surface area contributed by atoms with Crippen LogP contribution in [0.5, 0.6) is 5.75 Å². The summed E-state index contributed by atoms with van der Waals surface area (Å²) in [6.07, 6.45) is 1.90. The van der Waals surface area contributed by atoms with Crippen LogP contribution in [0.4, 0.5) is 0 Å². The molecule has 2 N–H and O–H groups in total. The van der Waals surface area contributed by atoms with E-state index in [1.807, 2.05) is 30.3 Å². The van der Waals surface area contributed by atoms with Crippen LogP contribution >= 0.6 is 0 Å². The second-order valence-electron chi connectivity index (χ2n) is 5.10. The van der Waals surface area contributed by atoms with Gasteiger partial charge in [0.15, 0.2) is 0 Å². The second kappa shape index (κ2) is 5.19. The number of aliphatic hydroxyl groups excluding tert-OH is 1. The topological polar surface area (TPSA) is 41.5 Å². The first-order chi connectivity index (χ1) is 9.29. The Morgan fingerprint density at radius 3 is 2.79 bits per heavy atom. The van der Waals surface area contributed by atoms with Gasteiger partial charge in [-0.05, 0) is 29.7 Å². The zero-order valence-corrected chi connectivity index (χ0v) is 11.1. The van der Waals surface area contributed by atoms with Crippen molar-refractivity contribution < 1.29 is 9.84 Å². The van der Waals surface area contributed by atoms with Crippen molar-refractivity contribution in [3.63, 3.8) is 0 Å². The predicted molar refractivity (Wildman–Crippen MR) is 76.5 cm³/mol. The van der Waals surface area contributed by atoms with Crippen molar-refractivity contribution in [2.24, 2.45) is 0 Å². The highest BCUT2D eigenvalue weighted by atomic mass is 16.5. The Morgan fingerprint density at radius 1 is 1.26 bits per heavy atom. The van der Waals surface area contributed by atoms with Gasteiger partial charge >= 0.3 is 0 Å². The van der Waals surface area contributed by atoms with Crippen molar-refractivity contribution in [3.8, 4) is 5.75 Å². The molecular formula is C16H19NO2. The second-order valence-corrected chi connectivity index (χ2v) is 5.10. The van der Waals surface area contributed by atoms with Gasteiger partial charge in [0.05, 0.1) is 13.2 Å². The number of ether oxygens (including phenoxy) is 1. The molecule has 0 radical (unpaired) electrons. The van der Waals surface area contributed by atoms with Crippen LogP contribution in [0.2, 0.25) is 0 Å². The Morgan fingerprint density at radius 2 is 2.05 bits per heavy atom. The number of benzene rings is 2. The third kappa shape index (κ3) is 2.57. The van der Waals surface area contributed by atoms with E-state index in [1.165, 1.54) is 12.8 Å². The third-order valence-electron chi connectivity index (χ3n) is 3.66. The first-order valence-electron chi connectivity index (χ1n) is 6.76. The highest BCUT2D eigenvalue weighted by Crippen LogP contribution is 2.33. The summed E-state index contributed by atoms with van der Waals surface area (Å²) < 4.78 is 5.41. The minimum atomic E-state index is -0.540. The lowest BCUT2D eigenvalue weighted by molar-refractivity contribution is 0.171. The highest BCUT2D eigenvalue weighted by molar-refractivity contribution is 5.88. The Bertz CT molecular complexity index is 578. The molecule has 1 aliphatic rings. The van der Waals surface area contributed by atoms with Gasteiger partial charge in [0, 0.05) is 18.2 Å². The molecule has 100 valence electrons. The average Bonchev–Trinajstić information content (AvgIpc) is 3.27. The van der Waals surface area contributed by atoms with Gasteiger partial charge in [0.25, 0.3) is 0 Å². The molecule has 1 unspecified atom stereocenters. The van der Waals surface area contributed by atoms with Crippen LogP contribution < -0.4 is 10.1 Å². The molecule has 1 saturated carbocycles. The van der Waals surface area contributed by atoms with Crippen molar-refractivity contribution in [1.82, 2.24) is 5.32 Å². The average molecular weight is 257 g/mol. The van der Waals surface area contributed by atoms with Crippen molar-refractivity contribution in [2.75, 3.05) is 13.7 Å². The van der Waals surface area contributed by atoms with Gasteiger partial charge in [0.2, 0.25) is 0 Å². The molecule has 3 rings (SSSR count). The standard InChI is InChI=1S/C16H19NO2/c1-19-15-9-6-11-4-2-3-5-13(11)16(15)14(18)10-17-12-7-8-12/h2-6,9,12,14,17-18H,7-8,10H2,1H3. The van der Waals surface area contributed by atoms with Crippen LogP contribution in [0, 0.1) is 0 Å². The summed E-state index contributed by atoms with van der Waals surface area (Å²) >= 11 is 0. The third-order valence-corrected chi connectivity index (χ3v) is 3.66. The molecule has 3 heteroatoms. The van der Waals surface area contributed by atoms with Crippen LogP contribution in [-0.4, -0.2) is 24.8 Å². The molecule has 0 aliphatic heterocycles. The smallest absolute Gasteiger partial charge is 0.125 e. The van der Waals surface area contributed by atoms with Gasteiger partial charge in [-0.2, -0.15) is 0 Å². The van der Waals surface area contributed by atoms with E-state index >= 15 is 0 Å². The minimum Gasteiger partial charge on any atom is -0.496 e. The molecule has 0 bridgehead atoms. The largest absolute Gasteiger partial charge is 0.496 e. The molecule has 1 atom stereocenters. The van der Waals surface area contributed by atoms with E-state index in [2.05, 4.69) is 11.4 Å². The number of fused-ring (bicyclic) bond motifs is 1. The van der Waals surface area contributed by atoms with E-state index in [0.29, 0.717) is 12.6 Å². The van der Waals surface area contributed by atoms with E-state index in [9.17, 15) is 5.11 Å². The van der Waals surface area contributed by atoms with Crippen LogP contribution in [0.3, 0.4) is 0 Å². The van der Waals surface area contributed by atoms with Crippen LogP contribution in [0.1, 0.15) is 24.5 Å². The van der Waals surface area contributed by atoms with Gasteiger partial charge in [-0.15, -0.1) is 0 Å². The summed E-state index contributed by atoms with van der Waals surface area (Å²) in [5.41, 5.74) is 0.883. The van der Waals surface area contributed by atoms with Gasteiger partial charge < -0.3 is 15.2 Å². The molecule has 0 saturated heterocycles. The van der Waals surface area contributed by atoms with Gasteiger partial charge in [0.1, 0.15) is 5.75 Å². The normalized spacial score (nSPS) is 16.5. The first-order valence-corrected chi connectivity index (χ1v) is 6.76. The van der Waals surface area contributed by atoms with E-state index in [-0.39, 0.29) is 0 Å². The summed E-state index contributed by atoms with van der Waals surface area (Å²) in [6, 6.07) is 12.6. The summed E-state index contributed by atoms with van der Waals surface area (Å²) in [5.74, 6) is 0.754. The Balaban J connectivity index is 1.97. The van der Waals surface area contributed by atoms with Gasteiger partial charge in [-0.3, -0.25) is 0 Å². The molecule has 1 fully saturated rings. The fourth-order valence-corrected chi connectivity index (χ4v) is 2.47. The monoisotopic (exact) mass is 257 g/mol. The van der Waals surface area contributed by atoms with E-state index in [1.54, 1.807) is 7.11 Å². The maximum Gasteiger partial charge on any atom is 0.125 e. The molecule has 3 nitrogen and oxygen atoms in total. The van der Waals surface area contributed by atoms with E-state index < -0.39 is 6.10 Å². The number of rotatable bonds is 5. The van der Waals surface area contributed by atoms with Gasteiger partial charge in [-0.1, -0.05) is 30.3 Å². The maximum atomic E-state index is 10.5. The maximum absolute atomic E-state index is 10.5. The molecule has 1 aliphatic carbocycles. The lowest BCUT2D eigenvalue weighted by Crippen LogP contribution is -2.23. The molecule has 19 heavy (non-hydrogen) atoms. The van der Waals surface area contributed by atoms with E-state index in [0.717, 1.165) is 22.1 Å². The fraction of sp³-hybridized carbons (Fsp3) is 0.375. The SMILES string of the molecule is COc1ccc2ccccc2c1C(O)CNC1CC1. The molecular weight excluding hydrogens is 238 g/mol. The fourth-order valence-electron chi connectivity index (χ4n) is 2.47. The summed E-state index contributed by atoms with van der Waals surface area (Å²) in [4.78, 5) is 0. The minimum absolute atomic E-state index is 0.540.